The summed E-state index contributed by atoms with van der Waals surface area (Å²) in [5, 5.41) is 7.31. The second kappa shape index (κ2) is 6.50. The molecule has 0 saturated carbocycles. The van der Waals surface area contributed by atoms with Gasteiger partial charge in [-0.15, -0.1) is 0 Å². The number of amides is 1. The summed E-state index contributed by atoms with van der Waals surface area (Å²) in [6.45, 7) is 3.49. The van der Waals surface area contributed by atoms with Crippen LogP contribution >= 0.6 is 0 Å². The minimum atomic E-state index is -0.529. The molecule has 6 heteroatoms. The molecule has 2 unspecified atom stereocenters. The van der Waals surface area contributed by atoms with Crippen molar-refractivity contribution in [3.8, 4) is 0 Å². The van der Waals surface area contributed by atoms with Gasteiger partial charge >= 0.3 is 0 Å². The topological polar surface area (TPSA) is 75.0 Å². The summed E-state index contributed by atoms with van der Waals surface area (Å²) >= 11 is 0. The number of carbonyl (C=O) groups is 1. The van der Waals surface area contributed by atoms with Gasteiger partial charge in [-0.3, -0.25) is 14.8 Å². The van der Waals surface area contributed by atoms with E-state index in [0.29, 0.717) is 0 Å². The Morgan fingerprint density at radius 1 is 1.43 bits per heavy atom. The molecule has 1 amide bonds. The minimum Gasteiger partial charge on any atom is -0.368 e. The average molecular weight is 316 g/mol. The molecule has 3 rings (SSSR count). The zero-order chi connectivity index (χ0) is 16.4. The fourth-order valence-corrected chi connectivity index (χ4v) is 3.33. The Morgan fingerprint density at radius 2 is 2.17 bits per heavy atom. The van der Waals surface area contributed by atoms with Gasteiger partial charge in [0.1, 0.15) is 11.9 Å². The second-order valence-electron chi connectivity index (χ2n) is 6.17. The van der Waals surface area contributed by atoms with Gasteiger partial charge in [0.15, 0.2) is 0 Å². The van der Waals surface area contributed by atoms with Gasteiger partial charge in [0.25, 0.3) is 0 Å². The lowest BCUT2D eigenvalue weighted by molar-refractivity contribution is -0.124. The van der Waals surface area contributed by atoms with E-state index in [1.807, 2.05) is 13.0 Å². The van der Waals surface area contributed by atoms with E-state index in [1.165, 1.54) is 12.1 Å². The summed E-state index contributed by atoms with van der Waals surface area (Å²) in [5.74, 6) is -0.452. The molecule has 0 bridgehead atoms. The van der Waals surface area contributed by atoms with E-state index in [2.05, 4.69) is 15.1 Å². The fraction of sp³-hybridized carbons (Fsp3) is 0.412. The Kier molecular flexibility index (Phi) is 4.43. The monoisotopic (exact) mass is 316 g/mol. The third kappa shape index (κ3) is 3.42. The minimum absolute atomic E-state index is 0.274. The molecule has 122 valence electrons. The summed E-state index contributed by atoms with van der Waals surface area (Å²) in [5.41, 5.74) is 8.42. The van der Waals surface area contributed by atoms with Gasteiger partial charge < -0.3 is 5.73 Å². The van der Waals surface area contributed by atoms with Gasteiger partial charge in [0, 0.05) is 18.2 Å². The maximum atomic E-state index is 13.1. The number of rotatable bonds is 4. The SMILES string of the molecule is Cc1cc(C2CCCN(C(C(N)=O)c3ccc(F)cc3)C2)n[nH]1. The Balaban J connectivity index is 1.82. The van der Waals surface area contributed by atoms with Crippen molar-refractivity contribution in [1.29, 1.82) is 0 Å². The van der Waals surface area contributed by atoms with E-state index in [1.54, 1.807) is 12.1 Å². The molecule has 1 aliphatic rings. The number of carbonyl (C=O) groups excluding carboxylic acids is 1. The van der Waals surface area contributed by atoms with E-state index in [-0.39, 0.29) is 11.7 Å². The summed E-state index contributed by atoms with van der Waals surface area (Å²) in [4.78, 5) is 14.1. The van der Waals surface area contributed by atoms with Crippen molar-refractivity contribution in [1.82, 2.24) is 15.1 Å². The number of piperidine rings is 1. The number of nitrogens with two attached hydrogens (primary N) is 1. The van der Waals surface area contributed by atoms with Crippen LogP contribution in [0.15, 0.2) is 30.3 Å². The number of nitrogens with zero attached hydrogens (tertiary/aromatic N) is 2. The highest BCUT2D eigenvalue weighted by atomic mass is 19.1. The molecule has 23 heavy (non-hydrogen) atoms. The average Bonchev–Trinajstić information content (AvgIpc) is 2.96. The Labute approximate surface area is 134 Å². The van der Waals surface area contributed by atoms with Gasteiger partial charge in [-0.05, 0) is 50.1 Å². The summed E-state index contributed by atoms with van der Waals surface area (Å²) in [7, 11) is 0. The van der Waals surface area contributed by atoms with Gasteiger partial charge in [0.2, 0.25) is 5.91 Å². The number of likely N-dealkylation sites (tertiary alicyclic amines) is 1. The molecule has 0 radical (unpaired) electrons. The smallest absolute Gasteiger partial charge is 0.239 e. The number of hydrogen-bond donors (Lipinski definition) is 2. The molecule has 1 aliphatic heterocycles. The zero-order valence-corrected chi connectivity index (χ0v) is 13.1. The number of aryl methyl sites for hydroxylation is 1. The highest BCUT2D eigenvalue weighted by Gasteiger charge is 2.31. The maximum Gasteiger partial charge on any atom is 0.239 e. The van der Waals surface area contributed by atoms with E-state index in [4.69, 9.17) is 5.73 Å². The Morgan fingerprint density at radius 3 is 2.78 bits per heavy atom. The van der Waals surface area contributed by atoms with E-state index in [0.717, 1.165) is 42.9 Å². The predicted molar refractivity (Wildman–Crippen MR) is 85.2 cm³/mol. The van der Waals surface area contributed by atoms with Crippen molar-refractivity contribution < 1.29 is 9.18 Å². The molecule has 2 atom stereocenters. The molecular weight excluding hydrogens is 295 g/mol. The van der Waals surface area contributed by atoms with Gasteiger partial charge in [0.05, 0.1) is 5.69 Å². The molecule has 1 aromatic carbocycles. The van der Waals surface area contributed by atoms with Crippen molar-refractivity contribution in [2.45, 2.75) is 31.7 Å². The number of aromatic amines is 1. The van der Waals surface area contributed by atoms with Crippen LogP contribution in [0.25, 0.3) is 0 Å². The van der Waals surface area contributed by atoms with Gasteiger partial charge in [-0.1, -0.05) is 12.1 Å². The molecule has 2 heterocycles. The highest BCUT2D eigenvalue weighted by Crippen LogP contribution is 2.31. The number of nitrogens with one attached hydrogen (secondary N) is 1. The summed E-state index contributed by atoms with van der Waals surface area (Å²) < 4.78 is 13.1. The Bertz CT molecular complexity index is 682. The maximum absolute atomic E-state index is 13.1. The lowest BCUT2D eigenvalue weighted by Gasteiger charge is -2.36. The first kappa shape index (κ1) is 15.7. The molecule has 1 aromatic heterocycles. The molecule has 1 fully saturated rings. The van der Waals surface area contributed by atoms with Crippen LogP contribution in [0.2, 0.25) is 0 Å². The summed E-state index contributed by atoms with van der Waals surface area (Å²) in [6.07, 6.45) is 2.01. The van der Waals surface area contributed by atoms with Crippen LogP contribution in [0.4, 0.5) is 4.39 Å². The van der Waals surface area contributed by atoms with E-state index >= 15 is 0 Å². The molecule has 3 N–H and O–H groups in total. The van der Waals surface area contributed by atoms with Gasteiger partial charge in [-0.2, -0.15) is 5.10 Å². The number of primary amides is 1. The largest absolute Gasteiger partial charge is 0.368 e. The Hall–Kier alpha value is -2.21. The lowest BCUT2D eigenvalue weighted by atomic mass is 9.92. The van der Waals surface area contributed by atoms with Crippen molar-refractivity contribution >= 4 is 5.91 Å². The first-order valence-corrected chi connectivity index (χ1v) is 7.85. The standard InChI is InChI=1S/C17H21FN4O/c1-11-9-15(21-20-11)13-3-2-8-22(10-13)16(17(19)23)12-4-6-14(18)7-5-12/h4-7,9,13,16H,2-3,8,10H2,1H3,(H2,19,23)(H,20,21). The van der Waals surface area contributed by atoms with Crippen molar-refractivity contribution in [3.05, 3.63) is 53.1 Å². The molecule has 2 aromatic rings. The van der Waals surface area contributed by atoms with Crippen molar-refractivity contribution in [2.75, 3.05) is 13.1 Å². The van der Waals surface area contributed by atoms with Crippen LogP contribution < -0.4 is 5.73 Å². The highest BCUT2D eigenvalue weighted by molar-refractivity contribution is 5.81. The van der Waals surface area contributed by atoms with Gasteiger partial charge in [-0.25, -0.2) is 4.39 Å². The van der Waals surface area contributed by atoms with Crippen LogP contribution in [-0.4, -0.2) is 34.1 Å². The molecule has 5 nitrogen and oxygen atoms in total. The van der Waals surface area contributed by atoms with Crippen LogP contribution in [0.1, 0.15) is 41.8 Å². The van der Waals surface area contributed by atoms with E-state index < -0.39 is 11.9 Å². The van der Waals surface area contributed by atoms with Crippen molar-refractivity contribution in [2.24, 2.45) is 5.73 Å². The number of halogens is 1. The van der Waals surface area contributed by atoms with Crippen molar-refractivity contribution in [3.63, 3.8) is 0 Å². The number of benzene rings is 1. The predicted octanol–water partition coefficient (Wildman–Crippen LogP) is 2.26. The van der Waals surface area contributed by atoms with Crippen LogP contribution in [-0.2, 0) is 4.79 Å². The van der Waals surface area contributed by atoms with Crippen LogP contribution in [0, 0.1) is 12.7 Å². The number of aromatic nitrogens is 2. The third-order valence-corrected chi connectivity index (χ3v) is 4.42. The molecule has 0 aliphatic carbocycles. The third-order valence-electron chi connectivity index (χ3n) is 4.42. The molecular formula is C17H21FN4O. The number of hydrogen-bond acceptors (Lipinski definition) is 3. The first-order chi connectivity index (χ1) is 11.0. The van der Waals surface area contributed by atoms with E-state index in [9.17, 15) is 9.18 Å². The second-order valence-corrected chi connectivity index (χ2v) is 6.17. The molecule has 1 saturated heterocycles. The zero-order valence-electron chi connectivity index (χ0n) is 13.1. The van der Waals surface area contributed by atoms with Crippen LogP contribution in [0.5, 0.6) is 0 Å². The normalized spacial score (nSPS) is 20.3. The lowest BCUT2D eigenvalue weighted by Crippen LogP contribution is -2.43. The fourth-order valence-electron chi connectivity index (χ4n) is 3.33. The number of H-pyrrole nitrogens is 1. The quantitative estimate of drug-likeness (QED) is 0.908. The first-order valence-electron chi connectivity index (χ1n) is 7.85. The summed E-state index contributed by atoms with van der Waals surface area (Å²) in [6, 6.07) is 7.51. The van der Waals surface area contributed by atoms with Crippen LogP contribution in [0.3, 0.4) is 0 Å². The molecule has 0 spiro atoms.